The second-order valence-corrected chi connectivity index (χ2v) is 6.54. The lowest BCUT2D eigenvalue weighted by atomic mass is 9.88. The van der Waals surface area contributed by atoms with Crippen LogP contribution in [0.25, 0.3) is 11.1 Å². The van der Waals surface area contributed by atoms with Gasteiger partial charge in [0.15, 0.2) is 0 Å². The first-order valence-corrected chi connectivity index (χ1v) is 8.68. The molecular weight excluding hydrogens is 302 g/mol. The molecule has 5 heteroatoms. The number of carbonyl (C=O) groups excluding carboxylic acids is 1. The van der Waals surface area contributed by atoms with Crippen LogP contribution in [0.1, 0.15) is 43.4 Å². The Balaban J connectivity index is 1.74. The van der Waals surface area contributed by atoms with E-state index in [4.69, 9.17) is 0 Å². The number of H-pyrrole nitrogens is 1. The average Bonchev–Trinajstić information content (AvgIpc) is 3.10. The summed E-state index contributed by atoms with van der Waals surface area (Å²) in [6.07, 6.45) is 3.29. The van der Waals surface area contributed by atoms with Crippen molar-refractivity contribution in [2.24, 2.45) is 0 Å². The summed E-state index contributed by atoms with van der Waals surface area (Å²) in [4.78, 5) is 13.9. The second-order valence-electron chi connectivity index (χ2n) is 6.54. The maximum atomic E-state index is 12.1. The van der Waals surface area contributed by atoms with Crippen molar-refractivity contribution in [3.63, 3.8) is 0 Å². The van der Waals surface area contributed by atoms with Crippen LogP contribution in [-0.2, 0) is 4.79 Å². The summed E-state index contributed by atoms with van der Waals surface area (Å²) >= 11 is 0. The topological polar surface area (TPSA) is 69.2 Å². The van der Waals surface area contributed by atoms with Crippen LogP contribution < -0.4 is 0 Å². The van der Waals surface area contributed by atoms with E-state index in [2.05, 4.69) is 29.3 Å². The number of aromatic amines is 1. The van der Waals surface area contributed by atoms with E-state index in [1.807, 2.05) is 25.3 Å². The Morgan fingerprint density at radius 2 is 2.04 bits per heavy atom. The lowest BCUT2D eigenvalue weighted by Gasteiger charge is -2.33. The molecule has 0 radical (unpaired) electrons. The van der Waals surface area contributed by atoms with Gasteiger partial charge in [0.25, 0.3) is 5.91 Å². The molecule has 2 heterocycles. The average molecular weight is 327 g/mol. The van der Waals surface area contributed by atoms with Gasteiger partial charge in [-0.15, -0.1) is 0 Å². The second kappa shape index (κ2) is 7.18. The standard InChI is InChI=1S/C19H25N3O2/c1-3-17(23)19(24)22-10-8-14(9-11-22)18-16(12-20-21-18)15-7-5-4-6-13(15)2/h4-7,12,14,17,23H,3,8-11H2,1-2H3,(H,20,21). The fraction of sp³-hybridized carbons (Fsp3) is 0.474. The van der Waals surface area contributed by atoms with E-state index in [-0.39, 0.29) is 5.91 Å². The predicted molar refractivity (Wildman–Crippen MR) is 93.6 cm³/mol. The lowest BCUT2D eigenvalue weighted by Crippen LogP contribution is -2.43. The van der Waals surface area contributed by atoms with Crippen LogP contribution in [0, 0.1) is 6.92 Å². The van der Waals surface area contributed by atoms with E-state index < -0.39 is 6.10 Å². The van der Waals surface area contributed by atoms with Gasteiger partial charge in [-0.25, -0.2) is 0 Å². The van der Waals surface area contributed by atoms with Crippen molar-refractivity contribution in [3.05, 3.63) is 41.7 Å². The van der Waals surface area contributed by atoms with Crippen LogP contribution in [-0.4, -0.2) is 45.3 Å². The molecule has 1 aromatic heterocycles. The van der Waals surface area contributed by atoms with Gasteiger partial charge in [0.1, 0.15) is 6.10 Å². The molecule has 2 N–H and O–H groups in total. The molecule has 1 unspecified atom stereocenters. The molecule has 5 nitrogen and oxygen atoms in total. The van der Waals surface area contributed by atoms with Crippen molar-refractivity contribution < 1.29 is 9.90 Å². The molecule has 0 aliphatic carbocycles. The Morgan fingerprint density at radius 3 is 2.71 bits per heavy atom. The molecule has 0 spiro atoms. The highest BCUT2D eigenvalue weighted by Crippen LogP contribution is 2.35. The highest BCUT2D eigenvalue weighted by molar-refractivity contribution is 5.80. The Bertz CT molecular complexity index is 702. The molecule has 128 valence electrons. The largest absolute Gasteiger partial charge is 0.383 e. The number of aromatic nitrogens is 2. The fourth-order valence-corrected chi connectivity index (χ4v) is 3.47. The molecular formula is C19H25N3O2. The minimum absolute atomic E-state index is 0.139. The summed E-state index contributed by atoms with van der Waals surface area (Å²) < 4.78 is 0. The quantitative estimate of drug-likeness (QED) is 0.907. The third-order valence-electron chi connectivity index (χ3n) is 4.99. The SMILES string of the molecule is CCC(O)C(=O)N1CCC(c2[nH]ncc2-c2ccccc2C)CC1. The number of likely N-dealkylation sites (tertiary alicyclic amines) is 1. The first-order valence-electron chi connectivity index (χ1n) is 8.68. The van der Waals surface area contributed by atoms with Crippen LogP contribution in [0.5, 0.6) is 0 Å². The smallest absolute Gasteiger partial charge is 0.251 e. The third kappa shape index (κ3) is 3.22. The van der Waals surface area contributed by atoms with Crippen molar-refractivity contribution in [2.75, 3.05) is 13.1 Å². The van der Waals surface area contributed by atoms with Gasteiger partial charge >= 0.3 is 0 Å². The molecule has 1 aromatic carbocycles. The number of hydrogen-bond donors (Lipinski definition) is 2. The Kier molecular flexibility index (Phi) is 5.00. The Labute approximate surface area is 142 Å². The monoisotopic (exact) mass is 327 g/mol. The number of aliphatic hydroxyl groups is 1. The number of nitrogens with one attached hydrogen (secondary N) is 1. The number of benzene rings is 1. The van der Waals surface area contributed by atoms with E-state index in [0.29, 0.717) is 25.4 Å². The summed E-state index contributed by atoms with van der Waals surface area (Å²) in [6.45, 7) is 5.31. The maximum Gasteiger partial charge on any atom is 0.251 e. The van der Waals surface area contributed by atoms with E-state index in [0.717, 1.165) is 24.1 Å². The van der Waals surface area contributed by atoms with Crippen LogP contribution in [0.4, 0.5) is 0 Å². The Hall–Kier alpha value is -2.14. The van der Waals surface area contributed by atoms with Gasteiger partial charge in [-0.1, -0.05) is 31.2 Å². The normalized spacial score (nSPS) is 17.0. The van der Waals surface area contributed by atoms with Crippen molar-refractivity contribution >= 4 is 5.91 Å². The minimum atomic E-state index is -0.865. The van der Waals surface area contributed by atoms with Gasteiger partial charge in [-0.05, 0) is 37.3 Å². The van der Waals surface area contributed by atoms with Gasteiger partial charge in [0, 0.05) is 30.3 Å². The number of nitrogens with zero attached hydrogens (tertiary/aromatic N) is 2. The fourth-order valence-electron chi connectivity index (χ4n) is 3.47. The lowest BCUT2D eigenvalue weighted by molar-refractivity contribution is -0.141. The third-order valence-corrected chi connectivity index (χ3v) is 4.99. The van der Waals surface area contributed by atoms with Crippen molar-refractivity contribution in [3.8, 4) is 11.1 Å². The van der Waals surface area contributed by atoms with E-state index in [1.165, 1.54) is 11.1 Å². The van der Waals surface area contributed by atoms with Crippen molar-refractivity contribution in [1.29, 1.82) is 0 Å². The number of carbonyl (C=O) groups is 1. The molecule has 1 aliphatic rings. The van der Waals surface area contributed by atoms with Gasteiger partial charge in [-0.3, -0.25) is 9.89 Å². The molecule has 0 saturated carbocycles. The van der Waals surface area contributed by atoms with E-state index in [9.17, 15) is 9.90 Å². The molecule has 1 fully saturated rings. The summed E-state index contributed by atoms with van der Waals surface area (Å²) in [5, 5.41) is 17.2. The molecule has 1 amide bonds. The van der Waals surface area contributed by atoms with Crippen LogP contribution in [0.2, 0.25) is 0 Å². The molecule has 3 rings (SSSR count). The molecule has 0 bridgehead atoms. The summed E-state index contributed by atoms with van der Waals surface area (Å²) in [7, 11) is 0. The zero-order chi connectivity index (χ0) is 17.1. The first kappa shape index (κ1) is 16.7. The van der Waals surface area contributed by atoms with Gasteiger partial charge in [0.05, 0.1) is 6.20 Å². The van der Waals surface area contributed by atoms with Crippen LogP contribution >= 0.6 is 0 Å². The molecule has 1 aliphatic heterocycles. The highest BCUT2D eigenvalue weighted by Gasteiger charge is 2.29. The molecule has 1 saturated heterocycles. The van der Waals surface area contributed by atoms with Gasteiger partial charge in [-0.2, -0.15) is 5.10 Å². The van der Waals surface area contributed by atoms with Crippen LogP contribution in [0.15, 0.2) is 30.5 Å². The summed E-state index contributed by atoms with van der Waals surface area (Å²) in [6, 6.07) is 8.33. The number of hydrogen-bond acceptors (Lipinski definition) is 3. The number of aryl methyl sites for hydroxylation is 1. The number of amides is 1. The van der Waals surface area contributed by atoms with E-state index in [1.54, 1.807) is 4.90 Å². The zero-order valence-corrected chi connectivity index (χ0v) is 14.3. The number of aliphatic hydroxyl groups excluding tert-OH is 1. The summed E-state index contributed by atoms with van der Waals surface area (Å²) in [5.41, 5.74) is 4.76. The first-order chi connectivity index (χ1) is 11.6. The molecule has 24 heavy (non-hydrogen) atoms. The van der Waals surface area contributed by atoms with Crippen LogP contribution in [0.3, 0.4) is 0 Å². The molecule has 1 atom stereocenters. The molecule has 2 aromatic rings. The highest BCUT2D eigenvalue weighted by atomic mass is 16.3. The number of rotatable bonds is 4. The van der Waals surface area contributed by atoms with Gasteiger partial charge < -0.3 is 10.0 Å². The van der Waals surface area contributed by atoms with E-state index >= 15 is 0 Å². The number of piperidine rings is 1. The summed E-state index contributed by atoms with van der Waals surface area (Å²) in [5.74, 6) is 0.226. The minimum Gasteiger partial charge on any atom is -0.383 e. The maximum absolute atomic E-state index is 12.1. The van der Waals surface area contributed by atoms with Crippen molar-refractivity contribution in [1.82, 2.24) is 15.1 Å². The Morgan fingerprint density at radius 1 is 1.33 bits per heavy atom. The predicted octanol–water partition coefficient (Wildman–Crippen LogP) is 2.86. The van der Waals surface area contributed by atoms with Crippen molar-refractivity contribution in [2.45, 2.75) is 45.1 Å². The zero-order valence-electron chi connectivity index (χ0n) is 14.3. The van der Waals surface area contributed by atoms with Gasteiger partial charge in [0.2, 0.25) is 0 Å².